The van der Waals surface area contributed by atoms with E-state index in [1.807, 2.05) is 29.7 Å². The largest absolute Gasteiger partial charge is 0.497 e. The van der Waals surface area contributed by atoms with E-state index in [2.05, 4.69) is 0 Å². The zero-order valence-corrected chi connectivity index (χ0v) is 11.9. The number of ether oxygens (including phenoxy) is 1. The molecule has 0 bridgehead atoms. The molecule has 106 valence electrons. The van der Waals surface area contributed by atoms with Gasteiger partial charge < -0.3 is 14.7 Å². The lowest BCUT2D eigenvalue weighted by Gasteiger charge is -2.28. The van der Waals surface area contributed by atoms with E-state index in [0.717, 1.165) is 11.3 Å². The third kappa shape index (κ3) is 3.33. The third-order valence-corrected chi connectivity index (χ3v) is 3.71. The average molecular weight is 293 g/mol. The molecule has 5 nitrogen and oxygen atoms in total. The van der Waals surface area contributed by atoms with Crippen LogP contribution >= 0.6 is 11.8 Å². The SMILES string of the molecule is COc1cccc(C2=CSCC(=O)N2CCC(=O)O)c1. The van der Waals surface area contributed by atoms with Crippen molar-refractivity contribution in [2.75, 3.05) is 19.4 Å². The molecule has 0 atom stereocenters. The summed E-state index contributed by atoms with van der Waals surface area (Å²) in [7, 11) is 1.58. The van der Waals surface area contributed by atoms with Gasteiger partial charge in [-0.05, 0) is 17.5 Å². The number of carbonyl (C=O) groups excluding carboxylic acids is 1. The predicted molar refractivity (Wildman–Crippen MR) is 77.4 cm³/mol. The van der Waals surface area contributed by atoms with Crippen molar-refractivity contribution in [2.24, 2.45) is 0 Å². The molecule has 0 radical (unpaired) electrons. The van der Waals surface area contributed by atoms with Crippen LogP contribution in [-0.4, -0.2) is 41.3 Å². The van der Waals surface area contributed by atoms with Crippen molar-refractivity contribution in [1.29, 1.82) is 0 Å². The monoisotopic (exact) mass is 293 g/mol. The van der Waals surface area contributed by atoms with E-state index < -0.39 is 5.97 Å². The Morgan fingerprint density at radius 2 is 2.30 bits per heavy atom. The highest BCUT2D eigenvalue weighted by molar-refractivity contribution is 8.03. The number of rotatable bonds is 5. The average Bonchev–Trinajstić information content (AvgIpc) is 2.45. The van der Waals surface area contributed by atoms with Gasteiger partial charge in [0.1, 0.15) is 5.75 Å². The molecule has 1 aromatic rings. The normalized spacial score (nSPS) is 14.9. The fourth-order valence-electron chi connectivity index (χ4n) is 1.93. The van der Waals surface area contributed by atoms with Crippen LogP contribution in [0.25, 0.3) is 5.70 Å². The molecule has 1 aliphatic heterocycles. The van der Waals surface area contributed by atoms with Gasteiger partial charge >= 0.3 is 5.97 Å². The van der Waals surface area contributed by atoms with Gasteiger partial charge in [-0.15, -0.1) is 11.8 Å². The molecule has 0 saturated heterocycles. The second-order valence-corrected chi connectivity index (χ2v) is 5.09. The Bertz CT molecular complexity index is 556. The number of benzene rings is 1. The van der Waals surface area contributed by atoms with Crippen LogP contribution in [0.2, 0.25) is 0 Å². The maximum absolute atomic E-state index is 12.0. The standard InChI is InChI=1S/C14H15NO4S/c1-19-11-4-2-3-10(7-11)12-8-20-9-13(16)15(12)6-5-14(17)18/h2-4,7-8H,5-6,9H2,1H3,(H,17,18). The van der Waals surface area contributed by atoms with Gasteiger partial charge in [0.25, 0.3) is 0 Å². The van der Waals surface area contributed by atoms with Crippen LogP contribution in [0, 0.1) is 0 Å². The van der Waals surface area contributed by atoms with Gasteiger partial charge in [0.15, 0.2) is 0 Å². The molecule has 0 aliphatic carbocycles. The summed E-state index contributed by atoms with van der Waals surface area (Å²) in [6.07, 6.45) is -0.0717. The van der Waals surface area contributed by atoms with Crippen molar-refractivity contribution in [1.82, 2.24) is 4.90 Å². The summed E-state index contributed by atoms with van der Waals surface area (Å²) in [5, 5.41) is 10.7. The van der Waals surface area contributed by atoms with Gasteiger partial charge in [-0.3, -0.25) is 9.59 Å². The Kier molecular flexibility index (Phi) is 4.68. The van der Waals surface area contributed by atoms with Crippen LogP contribution in [0.15, 0.2) is 29.7 Å². The number of nitrogens with zero attached hydrogens (tertiary/aromatic N) is 1. The van der Waals surface area contributed by atoms with Crippen molar-refractivity contribution >= 4 is 29.3 Å². The number of carboxylic acids is 1. The van der Waals surface area contributed by atoms with Crippen molar-refractivity contribution in [3.8, 4) is 5.75 Å². The molecule has 1 aliphatic rings. The zero-order chi connectivity index (χ0) is 14.5. The van der Waals surface area contributed by atoms with Gasteiger partial charge in [0, 0.05) is 12.1 Å². The van der Waals surface area contributed by atoms with Crippen LogP contribution in [0.3, 0.4) is 0 Å². The third-order valence-electron chi connectivity index (χ3n) is 2.91. The summed E-state index contributed by atoms with van der Waals surface area (Å²) in [5.74, 6) is 0.0507. The molecular formula is C14H15NO4S. The summed E-state index contributed by atoms with van der Waals surface area (Å²) < 4.78 is 5.17. The lowest BCUT2D eigenvalue weighted by Crippen LogP contribution is -2.34. The smallest absolute Gasteiger partial charge is 0.305 e. The molecule has 20 heavy (non-hydrogen) atoms. The Balaban J connectivity index is 2.27. The summed E-state index contributed by atoms with van der Waals surface area (Å²) in [6.45, 7) is 0.178. The van der Waals surface area contributed by atoms with Crippen molar-refractivity contribution in [3.05, 3.63) is 35.2 Å². The molecule has 6 heteroatoms. The number of thioether (sulfide) groups is 1. The van der Waals surface area contributed by atoms with Crippen LogP contribution in [0.1, 0.15) is 12.0 Å². The van der Waals surface area contributed by atoms with Crippen LogP contribution in [0.4, 0.5) is 0 Å². The van der Waals surface area contributed by atoms with Gasteiger partial charge in [-0.1, -0.05) is 12.1 Å². The molecule has 1 amide bonds. The summed E-state index contributed by atoms with van der Waals surface area (Å²) in [5.41, 5.74) is 1.57. The first kappa shape index (κ1) is 14.5. The first-order chi connectivity index (χ1) is 9.61. The predicted octanol–water partition coefficient (Wildman–Crippen LogP) is 2.04. The molecular weight excluding hydrogens is 278 g/mol. The van der Waals surface area contributed by atoms with Crippen molar-refractivity contribution < 1.29 is 19.4 Å². The zero-order valence-electron chi connectivity index (χ0n) is 11.0. The van der Waals surface area contributed by atoms with E-state index in [1.54, 1.807) is 7.11 Å². The van der Waals surface area contributed by atoms with Crippen molar-refractivity contribution in [2.45, 2.75) is 6.42 Å². The minimum atomic E-state index is -0.916. The lowest BCUT2D eigenvalue weighted by atomic mass is 10.1. The molecule has 2 rings (SSSR count). The first-order valence-electron chi connectivity index (χ1n) is 6.10. The molecule has 0 spiro atoms. The Morgan fingerprint density at radius 1 is 1.50 bits per heavy atom. The quantitative estimate of drug-likeness (QED) is 0.900. The lowest BCUT2D eigenvalue weighted by molar-refractivity contribution is -0.137. The van der Waals surface area contributed by atoms with E-state index in [4.69, 9.17) is 9.84 Å². The fraction of sp³-hybridized carbons (Fsp3) is 0.286. The summed E-state index contributed by atoms with van der Waals surface area (Å²) in [4.78, 5) is 24.2. The molecule has 0 unspecified atom stereocenters. The highest BCUT2D eigenvalue weighted by Crippen LogP contribution is 2.30. The van der Waals surface area contributed by atoms with E-state index in [1.165, 1.54) is 16.7 Å². The molecule has 1 heterocycles. The molecule has 0 saturated carbocycles. The van der Waals surface area contributed by atoms with Crippen LogP contribution < -0.4 is 4.74 Å². The van der Waals surface area contributed by atoms with Crippen molar-refractivity contribution in [3.63, 3.8) is 0 Å². The second kappa shape index (κ2) is 6.47. The van der Waals surface area contributed by atoms with Crippen LogP contribution in [-0.2, 0) is 9.59 Å². The first-order valence-corrected chi connectivity index (χ1v) is 7.15. The second-order valence-electron chi connectivity index (χ2n) is 4.24. The number of hydrogen-bond donors (Lipinski definition) is 1. The molecule has 1 N–H and O–H groups in total. The highest BCUT2D eigenvalue weighted by atomic mass is 32.2. The molecule has 0 aromatic heterocycles. The Hall–Kier alpha value is -1.95. The number of methoxy groups -OCH3 is 1. The number of hydrogen-bond acceptors (Lipinski definition) is 4. The summed E-state index contributed by atoms with van der Waals surface area (Å²) >= 11 is 1.42. The van der Waals surface area contributed by atoms with Crippen LogP contribution in [0.5, 0.6) is 5.75 Å². The van der Waals surface area contributed by atoms with Gasteiger partial charge in [-0.2, -0.15) is 0 Å². The van der Waals surface area contributed by atoms with E-state index in [0.29, 0.717) is 11.5 Å². The minimum Gasteiger partial charge on any atom is -0.497 e. The number of aliphatic carboxylic acids is 1. The van der Waals surface area contributed by atoms with Gasteiger partial charge in [0.2, 0.25) is 5.91 Å². The van der Waals surface area contributed by atoms with E-state index in [9.17, 15) is 9.59 Å². The highest BCUT2D eigenvalue weighted by Gasteiger charge is 2.23. The molecule has 1 aromatic carbocycles. The minimum absolute atomic E-state index is 0.0717. The summed E-state index contributed by atoms with van der Waals surface area (Å²) in [6, 6.07) is 7.37. The fourth-order valence-corrected chi connectivity index (χ4v) is 2.73. The maximum atomic E-state index is 12.0. The maximum Gasteiger partial charge on any atom is 0.305 e. The van der Waals surface area contributed by atoms with Gasteiger partial charge in [-0.25, -0.2) is 0 Å². The van der Waals surface area contributed by atoms with E-state index >= 15 is 0 Å². The Morgan fingerprint density at radius 3 is 3.00 bits per heavy atom. The number of carbonyl (C=O) groups is 2. The molecule has 0 fully saturated rings. The number of carboxylic acid groups (broad SMARTS) is 1. The topological polar surface area (TPSA) is 66.8 Å². The Labute approximate surface area is 121 Å². The number of amides is 1. The van der Waals surface area contributed by atoms with Gasteiger partial charge in [0.05, 0.1) is 25.0 Å². The van der Waals surface area contributed by atoms with E-state index in [-0.39, 0.29) is 18.9 Å².